The summed E-state index contributed by atoms with van der Waals surface area (Å²) >= 11 is 0. The number of rotatable bonds is 7. The fourth-order valence-electron chi connectivity index (χ4n) is 2.87. The summed E-state index contributed by atoms with van der Waals surface area (Å²) in [6.45, 7) is 0.472. The molecule has 0 aliphatic rings. The average Bonchev–Trinajstić information content (AvgIpc) is 3.10. The molecule has 2 amide bonds. The van der Waals surface area contributed by atoms with Crippen molar-refractivity contribution in [3.63, 3.8) is 0 Å². The molecule has 0 fully saturated rings. The summed E-state index contributed by atoms with van der Waals surface area (Å²) in [4.78, 5) is 12.2. The Balaban J connectivity index is 1.61. The second-order valence-corrected chi connectivity index (χ2v) is 5.80. The third-order valence-electron chi connectivity index (χ3n) is 4.16. The van der Waals surface area contributed by atoms with Crippen LogP contribution in [0.25, 0.3) is 11.0 Å². The van der Waals surface area contributed by atoms with E-state index in [1.807, 2.05) is 24.3 Å². The predicted octanol–water partition coefficient (Wildman–Crippen LogP) is 3.82. The third kappa shape index (κ3) is 4.08. The number of benzene rings is 2. The van der Waals surface area contributed by atoms with Crippen molar-refractivity contribution in [2.45, 2.75) is 6.42 Å². The molecule has 0 spiro atoms. The highest BCUT2D eigenvalue weighted by Gasteiger charge is 2.14. The van der Waals surface area contributed by atoms with Crippen LogP contribution in [-0.4, -0.2) is 33.9 Å². The molecule has 142 valence electrons. The summed E-state index contributed by atoms with van der Waals surface area (Å²) in [6.07, 6.45) is 2.39. The molecular weight excluding hydrogens is 348 g/mol. The van der Waals surface area contributed by atoms with E-state index in [0.717, 1.165) is 16.5 Å². The molecule has 0 aliphatic heterocycles. The van der Waals surface area contributed by atoms with Crippen LogP contribution in [0, 0.1) is 0 Å². The Labute approximate surface area is 157 Å². The second kappa shape index (κ2) is 8.35. The number of carbonyl (C=O) groups is 1. The lowest BCUT2D eigenvalue weighted by Gasteiger charge is -2.14. The standard InChI is InChI=1S/C20H22N2O5/c1-24-17-10-14(11-18(25-2)19(17)26-3)22-20(23)21-9-8-13-12-27-16-7-5-4-6-15(13)16/h4-7,10-12H,8-9H2,1-3H3,(H2,21,22,23). The lowest BCUT2D eigenvalue weighted by molar-refractivity contribution is 0.252. The normalized spacial score (nSPS) is 10.5. The zero-order valence-corrected chi connectivity index (χ0v) is 15.5. The van der Waals surface area contributed by atoms with Gasteiger partial charge in [0.25, 0.3) is 0 Å². The van der Waals surface area contributed by atoms with Crippen molar-refractivity contribution >= 4 is 22.7 Å². The van der Waals surface area contributed by atoms with Crippen molar-refractivity contribution in [1.82, 2.24) is 5.32 Å². The van der Waals surface area contributed by atoms with Gasteiger partial charge >= 0.3 is 6.03 Å². The van der Waals surface area contributed by atoms with Gasteiger partial charge in [-0.3, -0.25) is 0 Å². The highest BCUT2D eigenvalue weighted by Crippen LogP contribution is 2.39. The number of urea groups is 1. The molecule has 7 heteroatoms. The van der Waals surface area contributed by atoms with E-state index in [9.17, 15) is 4.79 Å². The average molecular weight is 370 g/mol. The van der Waals surface area contributed by atoms with Crippen molar-refractivity contribution < 1.29 is 23.4 Å². The fourth-order valence-corrected chi connectivity index (χ4v) is 2.87. The van der Waals surface area contributed by atoms with Gasteiger partial charge in [0.2, 0.25) is 5.75 Å². The van der Waals surface area contributed by atoms with Gasteiger partial charge in [0.15, 0.2) is 11.5 Å². The van der Waals surface area contributed by atoms with E-state index in [0.29, 0.717) is 35.9 Å². The van der Waals surface area contributed by atoms with Gasteiger partial charge in [0.1, 0.15) is 5.58 Å². The maximum Gasteiger partial charge on any atom is 0.319 e. The van der Waals surface area contributed by atoms with E-state index >= 15 is 0 Å². The number of fused-ring (bicyclic) bond motifs is 1. The summed E-state index contributed by atoms with van der Waals surface area (Å²) in [7, 11) is 4.58. The van der Waals surface area contributed by atoms with E-state index in [1.165, 1.54) is 21.3 Å². The topological polar surface area (TPSA) is 82.0 Å². The molecule has 3 aromatic rings. The third-order valence-corrected chi connectivity index (χ3v) is 4.16. The Bertz CT molecular complexity index is 910. The molecule has 0 saturated heterocycles. The largest absolute Gasteiger partial charge is 0.493 e. The Morgan fingerprint density at radius 3 is 2.41 bits per heavy atom. The lowest BCUT2D eigenvalue weighted by Crippen LogP contribution is -2.30. The van der Waals surface area contributed by atoms with Crippen LogP contribution in [0.1, 0.15) is 5.56 Å². The summed E-state index contributed by atoms with van der Waals surface area (Å²) in [5.74, 6) is 1.41. The van der Waals surface area contributed by atoms with Crippen molar-refractivity contribution in [2.75, 3.05) is 33.2 Å². The number of hydrogen-bond donors (Lipinski definition) is 2. The van der Waals surface area contributed by atoms with E-state index in [1.54, 1.807) is 18.4 Å². The maximum atomic E-state index is 12.2. The van der Waals surface area contributed by atoms with Gasteiger partial charge in [0, 0.05) is 24.1 Å². The van der Waals surface area contributed by atoms with Gasteiger partial charge in [0.05, 0.1) is 33.3 Å². The molecule has 7 nitrogen and oxygen atoms in total. The van der Waals surface area contributed by atoms with Crippen LogP contribution in [0.2, 0.25) is 0 Å². The van der Waals surface area contributed by atoms with Crippen molar-refractivity contribution in [3.05, 3.63) is 48.2 Å². The Kier molecular flexibility index (Phi) is 5.71. The summed E-state index contributed by atoms with van der Waals surface area (Å²) < 4.78 is 21.3. The van der Waals surface area contributed by atoms with Crippen LogP contribution < -0.4 is 24.8 Å². The number of furan rings is 1. The molecule has 0 saturated carbocycles. The van der Waals surface area contributed by atoms with Gasteiger partial charge in [-0.25, -0.2) is 4.79 Å². The Morgan fingerprint density at radius 1 is 1.04 bits per heavy atom. The van der Waals surface area contributed by atoms with Gasteiger partial charge in [-0.2, -0.15) is 0 Å². The number of methoxy groups -OCH3 is 3. The van der Waals surface area contributed by atoms with Crippen LogP contribution in [0.3, 0.4) is 0 Å². The fraction of sp³-hybridized carbons (Fsp3) is 0.250. The van der Waals surface area contributed by atoms with Crippen LogP contribution in [0.5, 0.6) is 17.2 Å². The number of anilines is 1. The molecule has 3 rings (SSSR count). The smallest absolute Gasteiger partial charge is 0.319 e. The zero-order valence-electron chi connectivity index (χ0n) is 15.5. The van der Waals surface area contributed by atoms with E-state index in [4.69, 9.17) is 18.6 Å². The molecule has 0 bridgehead atoms. The number of nitrogens with one attached hydrogen (secondary N) is 2. The quantitative estimate of drug-likeness (QED) is 0.661. The summed E-state index contributed by atoms with van der Waals surface area (Å²) in [5, 5.41) is 6.66. The van der Waals surface area contributed by atoms with E-state index < -0.39 is 0 Å². The van der Waals surface area contributed by atoms with Gasteiger partial charge < -0.3 is 29.3 Å². The van der Waals surface area contributed by atoms with E-state index in [2.05, 4.69) is 10.6 Å². The summed E-state index contributed by atoms with van der Waals surface area (Å²) in [6, 6.07) is 10.8. The summed E-state index contributed by atoms with van der Waals surface area (Å²) in [5.41, 5.74) is 2.43. The van der Waals surface area contributed by atoms with Crippen LogP contribution >= 0.6 is 0 Å². The van der Waals surface area contributed by atoms with Crippen molar-refractivity contribution in [3.8, 4) is 17.2 Å². The monoisotopic (exact) mass is 370 g/mol. The first-order chi connectivity index (χ1) is 13.2. The highest BCUT2D eigenvalue weighted by atomic mass is 16.5. The number of amides is 2. The van der Waals surface area contributed by atoms with Gasteiger partial charge in [-0.1, -0.05) is 18.2 Å². The molecule has 1 aromatic heterocycles. The van der Waals surface area contributed by atoms with Gasteiger partial charge in [-0.15, -0.1) is 0 Å². The van der Waals surface area contributed by atoms with Crippen LogP contribution in [0.4, 0.5) is 10.5 Å². The number of ether oxygens (including phenoxy) is 3. The minimum Gasteiger partial charge on any atom is -0.493 e. The number of carbonyl (C=O) groups excluding carboxylic acids is 1. The van der Waals surface area contributed by atoms with Gasteiger partial charge in [-0.05, 0) is 18.1 Å². The molecule has 0 atom stereocenters. The number of hydrogen-bond acceptors (Lipinski definition) is 5. The van der Waals surface area contributed by atoms with E-state index in [-0.39, 0.29) is 6.03 Å². The van der Waals surface area contributed by atoms with Crippen molar-refractivity contribution in [2.24, 2.45) is 0 Å². The minimum absolute atomic E-state index is 0.322. The molecule has 0 aliphatic carbocycles. The first-order valence-corrected chi connectivity index (χ1v) is 8.46. The Hall–Kier alpha value is -3.35. The maximum absolute atomic E-state index is 12.2. The second-order valence-electron chi connectivity index (χ2n) is 5.80. The first kappa shape index (κ1) is 18.4. The molecule has 0 unspecified atom stereocenters. The lowest BCUT2D eigenvalue weighted by atomic mass is 10.1. The SMILES string of the molecule is COc1cc(NC(=O)NCCc2coc3ccccc23)cc(OC)c1OC. The first-order valence-electron chi connectivity index (χ1n) is 8.46. The zero-order chi connectivity index (χ0) is 19.2. The highest BCUT2D eigenvalue weighted by molar-refractivity contribution is 5.90. The molecular formula is C20H22N2O5. The van der Waals surface area contributed by atoms with Crippen LogP contribution in [-0.2, 0) is 6.42 Å². The van der Waals surface area contributed by atoms with Crippen LogP contribution in [0.15, 0.2) is 47.1 Å². The molecule has 2 N–H and O–H groups in total. The molecule has 2 aromatic carbocycles. The Morgan fingerprint density at radius 2 is 1.74 bits per heavy atom. The predicted molar refractivity (Wildman–Crippen MR) is 103 cm³/mol. The number of para-hydroxylation sites is 1. The molecule has 1 heterocycles. The van der Waals surface area contributed by atoms with Crippen molar-refractivity contribution in [1.29, 1.82) is 0 Å². The molecule has 27 heavy (non-hydrogen) atoms. The minimum atomic E-state index is -0.322. The molecule has 0 radical (unpaired) electrons.